The van der Waals surface area contributed by atoms with Gasteiger partial charge in [-0.2, -0.15) is 0 Å². The van der Waals surface area contributed by atoms with Gasteiger partial charge in [-0.15, -0.1) is 0 Å². The number of hydrogen-bond donors (Lipinski definition) is 1. The smallest absolute Gasteiger partial charge is 0.320 e. The maximum atomic E-state index is 11.0. The molecule has 94 valence electrons. The zero-order valence-electron chi connectivity index (χ0n) is 10.4. The van der Waals surface area contributed by atoms with Crippen molar-refractivity contribution in [2.45, 2.75) is 32.9 Å². The molecule has 1 unspecified atom stereocenters. The van der Waals surface area contributed by atoms with Gasteiger partial charge in [0.1, 0.15) is 6.04 Å². The number of nitrogens with zero attached hydrogens (tertiary/aromatic N) is 1. The Kier molecular flexibility index (Phi) is 5.15. The number of carboxylic acids is 1. The summed E-state index contributed by atoms with van der Waals surface area (Å²) in [6, 6.07) is 5.69. The molecule has 0 saturated heterocycles. The predicted molar refractivity (Wildman–Crippen MR) is 72.1 cm³/mol. The molecule has 3 nitrogen and oxygen atoms in total. The van der Waals surface area contributed by atoms with Gasteiger partial charge in [-0.1, -0.05) is 35.0 Å². The fraction of sp³-hybridized carbons (Fsp3) is 0.462. The number of halogens is 1. The first-order valence-electron chi connectivity index (χ1n) is 5.63. The monoisotopic (exact) mass is 299 g/mol. The van der Waals surface area contributed by atoms with Gasteiger partial charge in [0.25, 0.3) is 0 Å². The molecule has 0 amide bonds. The number of carbonyl (C=O) groups is 1. The van der Waals surface area contributed by atoms with Crippen molar-refractivity contribution in [3.05, 3.63) is 33.8 Å². The van der Waals surface area contributed by atoms with Crippen LogP contribution in [0.2, 0.25) is 0 Å². The second kappa shape index (κ2) is 6.17. The highest BCUT2D eigenvalue weighted by atomic mass is 79.9. The average molecular weight is 300 g/mol. The lowest BCUT2D eigenvalue weighted by atomic mass is 10.1. The number of aliphatic carboxylic acids is 1. The van der Waals surface area contributed by atoms with Gasteiger partial charge in [0.05, 0.1) is 0 Å². The summed E-state index contributed by atoms with van der Waals surface area (Å²) in [6.07, 6.45) is 0.606. The molecule has 0 aliphatic carbocycles. The van der Waals surface area contributed by atoms with Gasteiger partial charge in [0.2, 0.25) is 0 Å². The van der Waals surface area contributed by atoms with Crippen molar-refractivity contribution in [2.75, 3.05) is 7.05 Å². The Morgan fingerprint density at radius 3 is 2.65 bits per heavy atom. The predicted octanol–water partition coefficient (Wildman–Crippen LogP) is 3.05. The highest BCUT2D eigenvalue weighted by molar-refractivity contribution is 9.10. The summed E-state index contributed by atoms with van der Waals surface area (Å²) >= 11 is 3.51. The average Bonchev–Trinajstić information content (AvgIpc) is 2.22. The molecule has 0 aliphatic heterocycles. The molecule has 0 bridgehead atoms. The van der Waals surface area contributed by atoms with E-state index >= 15 is 0 Å². The summed E-state index contributed by atoms with van der Waals surface area (Å²) in [7, 11) is 1.84. The minimum absolute atomic E-state index is 0.428. The third kappa shape index (κ3) is 3.82. The minimum Gasteiger partial charge on any atom is -0.480 e. The van der Waals surface area contributed by atoms with Gasteiger partial charge in [0, 0.05) is 11.0 Å². The Labute approximate surface area is 111 Å². The second-order valence-corrected chi connectivity index (χ2v) is 5.13. The molecule has 1 aromatic rings. The third-order valence-electron chi connectivity index (χ3n) is 2.83. The van der Waals surface area contributed by atoms with Crippen molar-refractivity contribution in [3.8, 4) is 0 Å². The van der Waals surface area contributed by atoms with Crippen LogP contribution in [0.15, 0.2) is 22.7 Å². The number of rotatable bonds is 5. The van der Waals surface area contributed by atoms with Crippen molar-refractivity contribution >= 4 is 21.9 Å². The van der Waals surface area contributed by atoms with Gasteiger partial charge in [-0.05, 0) is 37.6 Å². The highest BCUT2D eigenvalue weighted by Crippen LogP contribution is 2.20. The number of hydrogen-bond acceptors (Lipinski definition) is 2. The second-order valence-electron chi connectivity index (χ2n) is 4.27. The van der Waals surface area contributed by atoms with E-state index in [1.54, 1.807) is 0 Å². The van der Waals surface area contributed by atoms with Crippen LogP contribution in [0.1, 0.15) is 24.5 Å². The summed E-state index contributed by atoms with van der Waals surface area (Å²) in [4.78, 5) is 12.9. The number of likely N-dealkylation sites (N-methyl/N-ethyl adjacent to an activating group) is 1. The molecule has 0 fully saturated rings. The molecular weight excluding hydrogens is 282 g/mol. The molecule has 0 aromatic heterocycles. The van der Waals surface area contributed by atoms with E-state index in [0.29, 0.717) is 13.0 Å². The molecule has 1 atom stereocenters. The van der Waals surface area contributed by atoms with Crippen LogP contribution in [0.3, 0.4) is 0 Å². The molecule has 0 heterocycles. The summed E-state index contributed by atoms with van der Waals surface area (Å²) < 4.78 is 1.03. The van der Waals surface area contributed by atoms with Crippen molar-refractivity contribution in [1.82, 2.24) is 4.90 Å². The van der Waals surface area contributed by atoms with Crippen LogP contribution in [-0.4, -0.2) is 29.1 Å². The Balaban J connectivity index is 2.79. The van der Waals surface area contributed by atoms with E-state index in [-0.39, 0.29) is 0 Å². The van der Waals surface area contributed by atoms with E-state index in [0.717, 1.165) is 10.0 Å². The van der Waals surface area contributed by atoms with Crippen LogP contribution in [-0.2, 0) is 11.3 Å². The zero-order chi connectivity index (χ0) is 13.0. The largest absolute Gasteiger partial charge is 0.480 e. The van der Waals surface area contributed by atoms with E-state index in [9.17, 15) is 4.79 Å². The lowest BCUT2D eigenvalue weighted by Gasteiger charge is -2.24. The molecule has 1 rings (SSSR count). The summed E-state index contributed by atoms with van der Waals surface area (Å²) in [6.45, 7) is 4.55. The van der Waals surface area contributed by atoms with Gasteiger partial charge in [-0.3, -0.25) is 9.69 Å². The molecule has 0 radical (unpaired) electrons. The number of benzene rings is 1. The van der Waals surface area contributed by atoms with Crippen LogP contribution in [0, 0.1) is 6.92 Å². The fourth-order valence-corrected chi connectivity index (χ4v) is 2.45. The maximum Gasteiger partial charge on any atom is 0.320 e. The van der Waals surface area contributed by atoms with Gasteiger partial charge >= 0.3 is 5.97 Å². The van der Waals surface area contributed by atoms with E-state index in [4.69, 9.17) is 5.11 Å². The summed E-state index contributed by atoms with van der Waals surface area (Å²) in [5, 5.41) is 9.08. The molecule has 1 aromatic carbocycles. The van der Waals surface area contributed by atoms with Gasteiger partial charge in [0.15, 0.2) is 0 Å². The van der Waals surface area contributed by atoms with Crippen molar-refractivity contribution < 1.29 is 9.90 Å². The first-order valence-corrected chi connectivity index (χ1v) is 6.43. The SMILES string of the molecule is CCC(C(=O)O)N(C)Cc1ccc(C)cc1Br. The lowest BCUT2D eigenvalue weighted by Crippen LogP contribution is -2.37. The van der Waals surface area contributed by atoms with Crippen LogP contribution >= 0.6 is 15.9 Å². The third-order valence-corrected chi connectivity index (χ3v) is 3.57. The van der Waals surface area contributed by atoms with Crippen molar-refractivity contribution in [2.24, 2.45) is 0 Å². The van der Waals surface area contributed by atoms with Crippen LogP contribution in [0.4, 0.5) is 0 Å². The molecule has 0 saturated carbocycles. The summed E-state index contributed by atoms with van der Waals surface area (Å²) in [5.74, 6) is -0.766. The number of carboxylic acid groups (broad SMARTS) is 1. The molecule has 17 heavy (non-hydrogen) atoms. The van der Waals surface area contributed by atoms with E-state index in [2.05, 4.69) is 15.9 Å². The van der Waals surface area contributed by atoms with Crippen LogP contribution < -0.4 is 0 Å². The summed E-state index contributed by atoms with van der Waals surface area (Å²) in [5.41, 5.74) is 2.30. The van der Waals surface area contributed by atoms with Gasteiger partial charge < -0.3 is 5.11 Å². The van der Waals surface area contributed by atoms with E-state index < -0.39 is 12.0 Å². The zero-order valence-corrected chi connectivity index (χ0v) is 12.0. The molecule has 0 spiro atoms. The van der Waals surface area contributed by atoms with Crippen molar-refractivity contribution in [1.29, 1.82) is 0 Å². The quantitative estimate of drug-likeness (QED) is 0.908. The Bertz CT molecular complexity index is 406. The number of aryl methyl sites for hydroxylation is 1. The van der Waals surface area contributed by atoms with E-state index in [1.165, 1.54) is 5.56 Å². The highest BCUT2D eigenvalue weighted by Gasteiger charge is 2.20. The molecule has 1 N–H and O–H groups in total. The fourth-order valence-electron chi connectivity index (χ4n) is 1.83. The Hall–Kier alpha value is -0.870. The van der Waals surface area contributed by atoms with E-state index in [1.807, 2.05) is 44.0 Å². The van der Waals surface area contributed by atoms with Crippen LogP contribution in [0.25, 0.3) is 0 Å². The maximum absolute atomic E-state index is 11.0. The lowest BCUT2D eigenvalue weighted by molar-refractivity contribution is -0.143. The Morgan fingerprint density at radius 2 is 2.18 bits per heavy atom. The molecular formula is C13H18BrNO2. The first-order chi connectivity index (χ1) is 7.95. The minimum atomic E-state index is -0.766. The standard InChI is InChI=1S/C13H18BrNO2/c1-4-12(13(16)17)15(3)8-10-6-5-9(2)7-11(10)14/h5-7,12H,4,8H2,1-3H3,(H,16,17). The topological polar surface area (TPSA) is 40.5 Å². The molecule has 4 heteroatoms. The van der Waals surface area contributed by atoms with Gasteiger partial charge in [-0.25, -0.2) is 0 Å². The normalized spacial score (nSPS) is 12.8. The first kappa shape index (κ1) is 14.2. The van der Waals surface area contributed by atoms with Crippen LogP contribution in [0.5, 0.6) is 0 Å². The Morgan fingerprint density at radius 1 is 1.53 bits per heavy atom. The van der Waals surface area contributed by atoms with Crippen molar-refractivity contribution in [3.63, 3.8) is 0 Å². The molecule has 0 aliphatic rings.